The summed E-state index contributed by atoms with van der Waals surface area (Å²) in [4.78, 5) is 19.5. The molecule has 4 rings (SSSR count). The SMILES string of the molecule is Cc1ccccc1CCN1CCC(CCC(=O)c2cc(Cl)nc(Cl)c2)(c2ccccc2)CC1. The molecule has 0 spiro atoms. The van der Waals surface area contributed by atoms with E-state index in [1.165, 1.54) is 16.7 Å². The second-order valence-electron chi connectivity index (χ2n) is 9.09. The molecule has 1 saturated heterocycles. The molecular weight excluding hydrogens is 451 g/mol. The van der Waals surface area contributed by atoms with E-state index < -0.39 is 0 Å². The topological polar surface area (TPSA) is 33.2 Å². The standard InChI is InChI=1S/C28H30Cl2N2O/c1-21-7-5-6-8-22(21)12-16-32-17-14-28(15-18-32,24-9-3-2-4-10-24)13-11-25(33)23-19-26(29)31-27(30)20-23/h2-10,19-20H,11-18H2,1H3. The maximum Gasteiger partial charge on any atom is 0.163 e. The number of hydrogen-bond acceptors (Lipinski definition) is 3. The highest BCUT2D eigenvalue weighted by atomic mass is 35.5. The van der Waals surface area contributed by atoms with Gasteiger partial charge in [-0.15, -0.1) is 0 Å². The fraction of sp³-hybridized carbons (Fsp3) is 0.357. The molecular formula is C28H30Cl2N2O. The van der Waals surface area contributed by atoms with E-state index in [0.717, 1.165) is 45.3 Å². The fourth-order valence-electron chi connectivity index (χ4n) is 4.97. The van der Waals surface area contributed by atoms with Crippen LogP contribution in [-0.2, 0) is 11.8 Å². The van der Waals surface area contributed by atoms with E-state index in [0.29, 0.717) is 12.0 Å². The quantitative estimate of drug-likeness (QED) is 0.258. The van der Waals surface area contributed by atoms with Crippen LogP contribution in [0.25, 0.3) is 0 Å². The zero-order valence-corrected chi connectivity index (χ0v) is 20.6. The predicted octanol–water partition coefficient (Wildman–Crippen LogP) is 6.94. The molecule has 0 amide bonds. The van der Waals surface area contributed by atoms with E-state index in [4.69, 9.17) is 23.2 Å². The van der Waals surface area contributed by atoms with Crippen molar-refractivity contribution in [3.05, 3.63) is 99.3 Å². The van der Waals surface area contributed by atoms with Gasteiger partial charge < -0.3 is 4.90 Å². The average Bonchev–Trinajstić information content (AvgIpc) is 2.83. The molecule has 0 aliphatic carbocycles. The smallest absolute Gasteiger partial charge is 0.163 e. The summed E-state index contributed by atoms with van der Waals surface area (Å²) in [7, 11) is 0. The van der Waals surface area contributed by atoms with Gasteiger partial charge in [-0.1, -0.05) is 77.8 Å². The van der Waals surface area contributed by atoms with Crippen molar-refractivity contribution < 1.29 is 4.79 Å². The summed E-state index contributed by atoms with van der Waals surface area (Å²) in [5, 5.41) is 0.510. The minimum Gasteiger partial charge on any atom is -0.303 e. The number of rotatable bonds is 8. The van der Waals surface area contributed by atoms with E-state index >= 15 is 0 Å². The first-order valence-electron chi connectivity index (χ1n) is 11.6. The number of aromatic nitrogens is 1. The third-order valence-corrected chi connectivity index (χ3v) is 7.46. The summed E-state index contributed by atoms with van der Waals surface area (Å²) in [5.41, 5.74) is 4.68. The van der Waals surface area contributed by atoms with Gasteiger partial charge in [-0.25, -0.2) is 4.98 Å². The first-order chi connectivity index (χ1) is 15.9. The highest BCUT2D eigenvalue weighted by molar-refractivity contribution is 6.33. The minimum absolute atomic E-state index is 0.0106. The Hall–Kier alpha value is -2.20. The van der Waals surface area contributed by atoms with Crippen molar-refractivity contribution in [2.45, 2.75) is 44.4 Å². The molecule has 0 atom stereocenters. The Morgan fingerprint density at radius 1 is 0.970 bits per heavy atom. The number of piperidine rings is 1. The third kappa shape index (κ3) is 6.03. The molecule has 33 heavy (non-hydrogen) atoms. The summed E-state index contributed by atoms with van der Waals surface area (Å²) >= 11 is 12.0. The summed E-state index contributed by atoms with van der Waals surface area (Å²) in [6.45, 7) is 5.35. The molecule has 0 bridgehead atoms. The van der Waals surface area contributed by atoms with E-state index in [1.54, 1.807) is 12.1 Å². The van der Waals surface area contributed by atoms with Crippen molar-refractivity contribution in [1.82, 2.24) is 9.88 Å². The van der Waals surface area contributed by atoms with Gasteiger partial charge in [0.2, 0.25) is 0 Å². The summed E-state index contributed by atoms with van der Waals surface area (Å²) < 4.78 is 0. The number of pyridine rings is 1. The van der Waals surface area contributed by atoms with Crippen molar-refractivity contribution in [3.8, 4) is 0 Å². The molecule has 1 aliphatic rings. The second-order valence-corrected chi connectivity index (χ2v) is 9.86. The minimum atomic E-state index is 0.0106. The van der Waals surface area contributed by atoms with Crippen LogP contribution in [0.2, 0.25) is 10.3 Å². The molecule has 0 saturated carbocycles. The number of ketones is 1. The van der Waals surface area contributed by atoms with E-state index in [9.17, 15) is 4.79 Å². The van der Waals surface area contributed by atoms with Gasteiger partial charge in [-0.05, 0) is 79.9 Å². The second kappa shape index (κ2) is 10.8. The Kier molecular flexibility index (Phi) is 7.85. The Labute approximate surface area is 206 Å². The highest BCUT2D eigenvalue weighted by Crippen LogP contribution is 2.40. The van der Waals surface area contributed by atoms with Crippen LogP contribution >= 0.6 is 23.2 Å². The predicted molar refractivity (Wildman–Crippen MR) is 136 cm³/mol. The Balaban J connectivity index is 1.43. The molecule has 1 fully saturated rings. The number of halogens is 2. The molecule has 3 nitrogen and oxygen atoms in total. The first-order valence-corrected chi connectivity index (χ1v) is 12.4. The van der Waals surface area contributed by atoms with Crippen LogP contribution in [0.15, 0.2) is 66.7 Å². The highest BCUT2D eigenvalue weighted by Gasteiger charge is 2.36. The number of likely N-dealkylation sites (tertiary alicyclic amines) is 1. The molecule has 0 N–H and O–H groups in total. The van der Waals surface area contributed by atoms with Crippen LogP contribution in [0.5, 0.6) is 0 Å². The lowest BCUT2D eigenvalue weighted by Crippen LogP contribution is -2.43. The fourth-order valence-corrected chi connectivity index (χ4v) is 5.43. The molecule has 172 valence electrons. The lowest BCUT2D eigenvalue weighted by molar-refractivity contribution is 0.0946. The lowest BCUT2D eigenvalue weighted by Gasteiger charge is -2.42. The Bertz CT molecular complexity index is 1070. The van der Waals surface area contributed by atoms with Crippen molar-refractivity contribution in [1.29, 1.82) is 0 Å². The molecule has 1 aromatic heterocycles. The zero-order chi connectivity index (χ0) is 23.3. The number of benzene rings is 2. The maximum absolute atomic E-state index is 13.0. The van der Waals surface area contributed by atoms with Crippen molar-refractivity contribution in [2.75, 3.05) is 19.6 Å². The van der Waals surface area contributed by atoms with Crippen molar-refractivity contribution in [3.63, 3.8) is 0 Å². The van der Waals surface area contributed by atoms with Crippen LogP contribution in [0.1, 0.15) is 52.7 Å². The van der Waals surface area contributed by atoms with Gasteiger partial charge in [0, 0.05) is 18.5 Å². The number of aryl methyl sites for hydroxylation is 1. The molecule has 3 aromatic rings. The molecule has 0 unspecified atom stereocenters. The third-order valence-electron chi connectivity index (χ3n) is 7.07. The number of hydrogen-bond donors (Lipinski definition) is 0. The number of nitrogens with zero attached hydrogens (tertiary/aromatic N) is 2. The Morgan fingerprint density at radius 3 is 2.27 bits per heavy atom. The zero-order valence-electron chi connectivity index (χ0n) is 19.1. The lowest BCUT2D eigenvalue weighted by atomic mass is 9.69. The van der Waals surface area contributed by atoms with Gasteiger partial charge in [-0.2, -0.15) is 0 Å². The van der Waals surface area contributed by atoms with Gasteiger partial charge >= 0.3 is 0 Å². The van der Waals surface area contributed by atoms with Crippen LogP contribution < -0.4 is 0 Å². The summed E-state index contributed by atoms with van der Waals surface area (Å²) in [6, 6.07) is 22.6. The van der Waals surface area contributed by atoms with Gasteiger partial charge in [0.1, 0.15) is 10.3 Å². The monoisotopic (exact) mass is 480 g/mol. The van der Waals surface area contributed by atoms with Crippen LogP contribution in [0.3, 0.4) is 0 Å². The first kappa shape index (κ1) is 23.9. The van der Waals surface area contributed by atoms with Crippen molar-refractivity contribution in [2.24, 2.45) is 0 Å². The van der Waals surface area contributed by atoms with Crippen molar-refractivity contribution >= 4 is 29.0 Å². The number of carbonyl (C=O) groups is 1. The van der Waals surface area contributed by atoms with Gasteiger partial charge in [-0.3, -0.25) is 4.79 Å². The van der Waals surface area contributed by atoms with Crippen LogP contribution in [0, 0.1) is 6.92 Å². The van der Waals surface area contributed by atoms with Crippen LogP contribution in [0.4, 0.5) is 0 Å². The van der Waals surface area contributed by atoms with Gasteiger partial charge in [0.25, 0.3) is 0 Å². The maximum atomic E-state index is 13.0. The van der Waals surface area contributed by atoms with Gasteiger partial charge in [0.05, 0.1) is 0 Å². The Morgan fingerprint density at radius 2 is 1.61 bits per heavy atom. The van der Waals surface area contributed by atoms with Crippen LogP contribution in [-0.4, -0.2) is 35.3 Å². The largest absolute Gasteiger partial charge is 0.303 e. The summed E-state index contributed by atoms with van der Waals surface area (Å²) in [5.74, 6) is 0.0680. The van der Waals surface area contributed by atoms with E-state index in [1.807, 2.05) is 0 Å². The van der Waals surface area contributed by atoms with Gasteiger partial charge in [0.15, 0.2) is 5.78 Å². The molecule has 2 heterocycles. The van der Waals surface area contributed by atoms with E-state index in [-0.39, 0.29) is 21.5 Å². The summed E-state index contributed by atoms with van der Waals surface area (Å²) in [6.07, 6.45) is 4.46. The molecule has 2 aromatic carbocycles. The number of Topliss-reactive ketones (excluding diaryl/α,β-unsaturated/α-hetero) is 1. The molecule has 1 aliphatic heterocycles. The van der Waals surface area contributed by atoms with E-state index in [2.05, 4.69) is 71.4 Å². The average molecular weight is 481 g/mol. The molecule has 5 heteroatoms. The normalized spacial score (nSPS) is 16.0. The number of carbonyl (C=O) groups excluding carboxylic acids is 1. The molecule has 0 radical (unpaired) electrons.